The van der Waals surface area contributed by atoms with Gasteiger partial charge in [-0.15, -0.1) is 0 Å². The van der Waals surface area contributed by atoms with Crippen molar-refractivity contribution in [2.45, 2.75) is 32.2 Å². The predicted octanol–water partition coefficient (Wildman–Crippen LogP) is 2.58. The summed E-state index contributed by atoms with van der Waals surface area (Å²) in [5.41, 5.74) is 7.30. The van der Waals surface area contributed by atoms with Crippen molar-refractivity contribution in [3.05, 3.63) is 29.6 Å². The molecule has 1 atom stereocenters. The number of nitrogens with zero attached hydrogens (tertiary/aromatic N) is 1. The molecule has 1 unspecified atom stereocenters. The number of hydrogen-bond donors (Lipinski definition) is 1. The molecule has 1 aromatic carbocycles. The minimum Gasteiger partial charge on any atom is -0.379 e. The van der Waals surface area contributed by atoms with Gasteiger partial charge in [-0.25, -0.2) is 4.39 Å². The zero-order chi connectivity index (χ0) is 14.5. The minimum absolute atomic E-state index is 0.0498. The van der Waals surface area contributed by atoms with Crippen LogP contribution in [0.2, 0.25) is 0 Å². The lowest BCUT2D eigenvalue weighted by Gasteiger charge is -2.20. The molecule has 0 aromatic heterocycles. The summed E-state index contributed by atoms with van der Waals surface area (Å²) in [6.07, 6.45) is 3.29. The van der Waals surface area contributed by atoms with E-state index in [1.54, 1.807) is 6.07 Å². The molecule has 0 radical (unpaired) electrons. The van der Waals surface area contributed by atoms with E-state index in [-0.39, 0.29) is 11.9 Å². The molecule has 1 aliphatic carbocycles. The van der Waals surface area contributed by atoms with Gasteiger partial charge in [0.2, 0.25) is 0 Å². The van der Waals surface area contributed by atoms with Crippen molar-refractivity contribution < 1.29 is 9.13 Å². The number of hydrogen-bond acceptors (Lipinski definition) is 3. The third-order valence-electron chi connectivity index (χ3n) is 3.60. The number of anilines is 1. The zero-order valence-electron chi connectivity index (χ0n) is 12.4. The number of ether oxygens (including phenoxy) is 1. The van der Waals surface area contributed by atoms with E-state index in [1.807, 2.05) is 31.0 Å². The Morgan fingerprint density at radius 2 is 2.20 bits per heavy atom. The number of rotatable bonds is 8. The highest BCUT2D eigenvalue weighted by atomic mass is 19.1. The van der Waals surface area contributed by atoms with Crippen LogP contribution in [-0.2, 0) is 11.2 Å². The highest BCUT2D eigenvalue weighted by Gasteiger charge is 2.21. The van der Waals surface area contributed by atoms with E-state index in [0.29, 0.717) is 25.3 Å². The number of benzene rings is 1. The van der Waals surface area contributed by atoms with E-state index in [1.165, 1.54) is 12.8 Å². The van der Waals surface area contributed by atoms with Crippen LogP contribution in [-0.4, -0.2) is 32.8 Å². The maximum Gasteiger partial charge on any atom is 0.146 e. The Balaban J connectivity index is 1.82. The number of nitrogens with two attached hydrogens (primary N) is 1. The smallest absolute Gasteiger partial charge is 0.146 e. The van der Waals surface area contributed by atoms with Crippen molar-refractivity contribution in [1.29, 1.82) is 0 Å². The highest BCUT2D eigenvalue weighted by molar-refractivity contribution is 5.48. The van der Waals surface area contributed by atoms with E-state index in [4.69, 9.17) is 10.5 Å². The summed E-state index contributed by atoms with van der Waals surface area (Å²) in [5.74, 6) is 0.586. The molecule has 0 spiro atoms. The summed E-state index contributed by atoms with van der Waals surface area (Å²) in [7, 11) is 1.89. The van der Waals surface area contributed by atoms with E-state index in [2.05, 4.69) is 0 Å². The molecule has 20 heavy (non-hydrogen) atoms. The lowest BCUT2D eigenvalue weighted by molar-refractivity contribution is 0.131. The first-order valence-corrected chi connectivity index (χ1v) is 7.39. The SMILES string of the molecule is CC(N)Cc1ccc(N(C)CCOCC2CC2)c(F)c1. The van der Waals surface area contributed by atoms with Gasteiger partial charge in [0.1, 0.15) is 5.82 Å². The maximum atomic E-state index is 14.1. The van der Waals surface area contributed by atoms with Crippen LogP contribution in [0.5, 0.6) is 0 Å². The summed E-state index contributed by atoms with van der Waals surface area (Å²) in [4.78, 5) is 1.90. The third kappa shape index (κ3) is 4.76. The first-order chi connectivity index (χ1) is 9.56. The van der Waals surface area contributed by atoms with E-state index in [9.17, 15) is 4.39 Å². The van der Waals surface area contributed by atoms with Crippen LogP contribution >= 0.6 is 0 Å². The Bertz CT molecular complexity index is 432. The molecule has 1 saturated carbocycles. The topological polar surface area (TPSA) is 38.5 Å². The van der Waals surface area contributed by atoms with E-state index < -0.39 is 0 Å². The molecule has 112 valence electrons. The van der Waals surface area contributed by atoms with Gasteiger partial charge in [0, 0.05) is 26.2 Å². The summed E-state index contributed by atoms with van der Waals surface area (Å²) in [6.45, 7) is 4.13. The molecular formula is C16H25FN2O. The third-order valence-corrected chi connectivity index (χ3v) is 3.60. The Kier molecular flexibility index (Phi) is 5.38. The summed E-state index contributed by atoms with van der Waals surface area (Å²) in [5, 5.41) is 0. The molecule has 0 saturated heterocycles. The number of halogens is 1. The van der Waals surface area contributed by atoms with Crippen LogP contribution in [0.4, 0.5) is 10.1 Å². The van der Waals surface area contributed by atoms with Crippen LogP contribution < -0.4 is 10.6 Å². The molecule has 2 rings (SSSR count). The van der Waals surface area contributed by atoms with Crippen LogP contribution in [0.15, 0.2) is 18.2 Å². The largest absolute Gasteiger partial charge is 0.379 e. The molecule has 1 fully saturated rings. The van der Waals surface area contributed by atoms with Gasteiger partial charge in [-0.1, -0.05) is 6.07 Å². The summed E-state index contributed by atoms with van der Waals surface area (Å²) >= 11 is 0. The van der Waals surface area contributed by atoms with E-state index in [0.717, 1.165) is 18.1 Å². The first-order valence-electron chi connectivity index (χ1n) is 7.39. The average molecular weight is 280 g/mol. The van der Waals surface area contributed by atoms with Crippen molar-refractivity contribution >= 4 is 5.69 Å². The van der Waals surface area contributed by atoms with Gasteiger partial charge in [-0.2, -0.15) is 0 Å². The molecule has 2 N–H and O–H groups in total. The summed E-state index contributed by atoms with van der Waals surface area (Å²) < 4.78 is 19.7. The Labute approximate surface area is 120 Å². The second kappa shape index (κ2) is 7.04. The standard InChI is InChI=1S/C16H25FN2O/c1-12(18)9-14-5-6-16(15(17)10-14)19(2)7-8-20-11-13-3-4-13/h5-6,10,12-13H,3-4,7-9,11,18H2,1-2H3. The molecule has 0 amide bonds. The Hall–Kier alpha value is -1.13. The van der Waals surface area contributed by atoms with Crippen molar-refractivity contribution in [1.82, 2.24) is 0 Å². The highest BCUT2D eigenvalue weighted by Crippen LogP contribution is 2.28. The molecular weight excluding hydrogens is 255 g/mol. The fraction of sp³-hybridized carbons (Fsp3) is 0.625. The molecule has 0 heterocycles. The van der Waals surface area contributed by atoms with Crippen molar-refractivity contribution in [3.63, 3.8) is 0 Å². The summed E-state index contributed by atoms with van der Waals surface area (Å²) in [6, 6.07) is 5.41. The lowest BCUT2D eigenvalue weighted by atomic mass is 10.1. The lowest BCUT2D eigenvalue weighted by Crippen LogP contribution is -2.24. The van der Waals surface area contributed by atoms with Gasteiger partial charge >= 0.3 is 0 Å². The molecule has 0 bridgehead atoms. The second-order valence-electron chi connectivity index (χ2n) is 5.91. The van der Waals surface area contributed by atoms with Crippen LogP contribution in [0.1, 0.15) is 25.3 Å². The minimum atomic E-state index is -0.187. The maximum absolute atomic E-state index is 14.1. The molecule has 3 nitrogen and oxygen atoms in total. The fourth-order valence-electron chi connectivity index (χ4n) is 2.22. The molecule has 0 aliphatic heterocycles. The quantitative estimate of drug-likeness (QED) is 0.744. The first kappa shape index (κ1) is 15.3. The molecule has 4 heteroatoms. The second-order valence-corrected chi connectivity index (χ2v) is 5.91. The monoisotopic (exact) mass is 280 g/mol. The van der Waals surface area contributed by atoms with Gasteiger partial charge in [0.15, 0.2) is 0 Å². The van der Waals surface area contributed by atoms with Gasteiger partial charge in [-0.3, -0.25) is 0 Å². The van der Waals surface area contributed by atoms with Crippen LogP contribution in [0.25, 0.3) is 0 Å². The van der Waals surface area contributed by atoms with Gasteiger partial charge in [0.25, 0.3) is 0 Å². The fourth-order valence-corrected chi connectivity index (χ4v) is 2.22. The van der Waals surface area contributed by atoms with Gasteiger partial charge < -0.3 is 15.4 Å². The van der Waals surface area contributed by atoms with Crippen molar-refractivity contribution in [2.24, 2.45) is 11.7 Å². The van der Waals surface area contributed by atoms with Gasteiger partial charge in [-0.05, 0) is 49.8 Å². The zero-order valence-corrected chi connectivity index (χ0v) is 12.4. The molecule has 1 aliphatic rings. The Morgan fingerprint density at radius 1 is 1.45 bits per heavy atom. The molecule has 1 aromatic rings. The van der Waals surface area contributed by atoms with Crippen LogP contribution in [0, 0.1) is 11.7 Å². The number of likely N-dealkylation sites (N-methyl/N-ethyl adjacent to an activating group) is 1. The normalized spacial score (nSPS) is 16.2. The average Bonchev–Trinajstić information content (AvgIpc) is 3.17. The predicted molar refractivity (Wildman–Crippen MR) is 80.6 cm³/mol. The van der Waals surface area contributed by atoms with Crippen LogP contribution in [0.3, 0.4) is 0 Å². The van der Waals surface area contributed by atoms with Crippen molar-refractivity contribution in [3.8, 4) is 0 Å². The van der Waals surface area contributed by atoms with Crippen molar-refractivity contribution in [2.75, 3.05) is 31.7 Å². The van der Waals surface area contributed by atoms with Gasteiger partial charge in [0.05, 0.1) is 12.3 Å². The van der Waals surface area contributed by atoms with E-state index >= 15 is 0 Å². The Morgan fingerprint density at radius 3 is 2.80 bits per heavy atom.